The third kappa shape index (κ3) is 3.48. The lowest BCUT2D eigenvalue weighted by atomic mass is 10.0. The van der Waals surface area contributed by atoms with Crippen molar-refractivity contribution in [3.05, 3.63) is 58.9 Å². The number of aryl methyl sites for hydroxylation is 1. The van der Waals surface area contributed by atoms with Gasteiger partial charge in [-0.3, -0.25) is 4.90 Å². The van der Waals surface area contributed by atoms with Crippen LogP contribution in [0.25, 0.3) is 0 Å². The quantitative estimate of drug-likeness (QED) is 0.909. The molecular weight excluding hydrogens is 293 g/mol. The number of halogens is 1. The molecule has 23 heavy (non-hydrogen) atoms. The fourth-order valence-corrected chi connectivity index (χ4v) is 3.14. The van der Waals surface area contributed by atoms with Gasteiger partial charge in [0.05, 0.1) is 7.11 Å². The topological polar surface area (TPSA) is 32.7 Å². The second-order valence-electron chi connectivity index (χ2n) is 6.21. The van der Waals surface area contributed by atoms with E-state index in [0.29, 0.717) is 11.8 Å². The summed E-state index contributed by atoms with van der Waals surface area (Å²) in [5.74, 6) is 0.523. The maximum absolute atomic E-state index is 13.3. The van der Waals surface area contributed by atoms with Crippen molar-refractivity contribution < 1.29 is 14.2 Å². The minimum absolute atomic E-state index is 0.158. The molecule has 0 unspecified atom stereocenters. The van der Waals surface area contributed by atoms with E-state index in [0.717, 1.165) is 37.1 Å². The number of rotatable bonds is 5. The highest BCUT2D eigenvalue weighted by Gasteiger charge is 2.23. The van der Waals surface area contributed by atoms with E-state index in [1.807, 2.05) is 18.2 Å². The lowest BCUT2D eigenvalue weighted by Crippen LogP contribution is -2.28. The molecule has 3 nitrogen and oxygen atoms in total. The number of benzene rings is 2. The average molecular weight is 315 g/mol. The molecule has 1 atom stereocenters. The minimum atomic E-state index is -0.158. The van der Waals surface area contributed by atoms with Crippen LogP contribution in [0.4, 0.5) is 4.39 Å². The molecule has 3 rings (SSSR count). The molecule has 0 aromatic heterocycles. The van der Waals surface area contributed by atoms with Crippen molar-refractivity contribution in [3.63, 3.8) is 0 Å². The van der Waals surface area contributed by atoms with Crippen LogP contribution in [0.5, 0.6) is 11.5 Å². The van der Waals surface area contributed by atoms with Gasteiger partial charge >= 0.3 is 0 Å². The summed E-state index contributed by atoms with van der Waals surface area (Å²) in [6.45, 7) is 3.91. The molecule has 0 spiro atoms. The SMILES string of the molecule is COc1cc(CC[C@@H](C)N2Cc3ccc(F)cc3C2)ccc1O. The molecular formula is C19H22FNO2. The van der Waals surface area contributed by atoms with Gasteiger partial charge < -0.3 is 9.84 Å². The summed E-state index contributed by atoms with van der Waals surface area (Å²) < 4.78 is 18.5. The second-order valence-corrected chi connectivity index (χ2v) is 6.21. The number of phenolic OH excluding ortho intramolecular Hbond substituents is 1. The molecule has 0 bridgehead atoms. The summed E-state index contributed by atoms with van der Waals surface area (Å²) in [6, 6.07) is 11.0. The first kappa shape index (κ1) is 15.8. The standard InChI is InChI=1S/C19H22FNO2/c1-13(3-4-14-5-8-18(22)19(9-14)23-2)21-11-15-6-7-17(20)10-16(15)12-21/h5-10,13,22H,3-4,11-12H2,1-2H3/t13-/m1/s1. The van der Waals surface area contributed by atoms with E-state index in [2.05, 4.69) is 11.8 Å². The number of aromatic hydroxyl groups is 1. The fraction of sp³-hybridized carbons (Fsp3) is 0.368. The summed E-state index contributed by atoms with van der Waals surface area (Å²) in [4.78, 5) is 2.38. The van der Waals surface area contributed by atoms with Gasteiger partial charge in [-0.05, 0) is 60.7 Å². The lowest BCUT2D eigenvalue weighted by molar-refractivity contribution is 0.203. The Kier molecular flexibility index (Phi) is 4.53. The molecule has 4 heteroatoms. The zero-order valence-corrected chi connectivity index (χ0v) is 13.6. The van der Waals surface area contributed by atoms with Crippen molar-refractivity contribution in [1.82, 2.24) is 4.90 Å². The summed E-state index contributed by atoms with van der Waals surface area (Å²) in [5.41, 5.74) is 3.47. The third-order valence-electron chi connectivity index (χ3n) is 4.63. The summed E-state index contributed by atoms with van der Waals surface area (Å²) in [5, 5.41) is 9.64. The van der Waals surface area contributed by atoms with E-state index in [1.54, 1.807) is 19.2 Å². The van der Waals surface area contributed by atoms with E-state index in [9.17, 15) is 9.50 Å². The molecule has 0 amide bonds. The molecule has 0 fully saturated rings. The molecule has 1 N–H and O–H groups in total. The molecule has 0 saturated carbocycles. The van der Waals surface area contributed by atoms with Crippen LogP contribution in [0.1, 0.15) is 30.0 Å². The molecule has 1 heterocycles. The Hall–Kier alpha value is -2.07. The number of fused-ring (bicyclic) bond motifs is 1. The van der Waals surface area contributed by atoms with Gasteiger partial charge in [0.1, 0.15) is 5.82 Å². The summed E-state index contributed by atoms with van der Waals surface area (Å²) >= 11 is 0. The second kappa shape index (κ2) is 6.59. The first-order valence-electron chi connectivity index (χ1n) is 7.94. The van der Waals surface area contributed by atoms with Gasteiger partial charge in [0, 0.05) is 19.1 Å². The Balaban J connectivity index is 1.59. The van der Waals surface area contributed by atoms with Crippen LogP contribution < -0.4 is 4.74 Å². The van der Waals surface area contributed by atoms with Gasteiger partial charge in [0.15, 0.2) is 11.5 Å². The van der Waals surface area contributed by atoms with Crippen LogP contribution in [0, 0.1) is 5.82 Å². The van der Waals surface area contributed by atoms with E-state index in [1.165, 1.54) is 11.6 Å². The van der Waals surface area contributed by atoms with Gasteiger partial charge in [0.2, 0.25) is 0 Å². The van der Waals surface area contributed by atoms with Crippen molar-refractivity contribution in [2.75, 3.05) is 7.11 Å². The highest BCUT2D eigenvalue weighted by atomic mass is 19.1. The van der Waals surface area contributed by atoms with E-state index in [-0.39, 0.29) is 11.6 Å². The van der Waals surface area contributed by atoms with Crippen LogP contribution in [0.3, 0.4) is 0 Å². The van der Waals surface area contributed by atoms with Gasteiger partial charge in [-0.2, -0.15) is 0 Å². The fourth-order valence-electron chi connectivity index (χ4n) is 3.14. The molecule has 2 aromatic rings. The van der Waals surface area contributed by atoms with Crippen LogP contribution in [0.2, 0.25) is 0 Å². The van der Waals surface area contributed by atoms with Gasteiger partial charge in [-0.1, -0.05) is 12.1 Å². The van der Waals surface area contributed by atoms with Gasteiger partial charge in [-0.15, -0.1) is 0 Å². The van der Waals surface area contributed by atoms with Gasteiger partial charge in [-0.25, -0.2) is 4.39 Å². The predicted molar refractivity (Wildman–Crippen MR) is 88.1 cm³/mol. The van der Waals surface area contributed by atoms with Crippen molar-refractivity contribution in [1.29, 1.82) is 0 Å². The molecule has 0 radical (unpaired) electrons. The zero-order chi connectivity index (χ0) is 16.4. The number of nitrogens with zero attached hydrogens (tertiary/aromatic N) is 1. The third-order valence-corrected chi connectivity index (χ3v) is 4.63. The zero-order valence-electron chi connectivity index (χ0n) is 13.6. The Bertz CT molecular complexity index is 702. The Morgan fingerprint density at radius 2 is 1.96 bits per heavy atom. The largest absolute Gasteiger partial charge is 0.504 e. The van der Waals surface area contributed by atoms with Crippen molar-refractivity contribution in [3.8, 4) is 11.5 Å². The lowest BCUT2D eigenvalue weighted by Gasteiger charge is -2.23. The summed E-state index contributed by atoms with van der Waals surface area (Å²) in [6.07, 6.45) is 1.92. The molecule has 1 aliphatic rings. The number of hydrogen-bond donors (Lipinski definition) is 1. The summed E-state index contributed by atoms with van der Waals surface area (Å²) in [7, 11) is 1.56. The highest BCUT2D eigenvalue weighted by molar-refractivity contribution is 5.41. The average Bonchev–Trinajstić information content (AvgIpc) is 2.97. The normalized spacial score (nSPS) is 15.4. The molecule has 2 aromatic carbocycles. The molecule has 0 saturated heterocycles. The van der Waals surface area contributed by atoms with Crippen LogP contribution in [0.15, 0.2) is 36.4 Å². The van der Waals surface area contributed by atoms with E-state index < -0.39 is 0 Å². The van der Waals surface area contributed by atoms with E-state index in [4.69, 9.17) is 4.74 Å². The first-order chi connectivity index (χ1) is 11.1. The smallest absolute Gasteiger partial charge is 0.160 e. The minimum Gasteiger partial charge on any atom is -0.504 e. The van der Waals surface area contributed by atoms with Crippen molar-refractivity contribution in [2.24, 2.45) is 0 Å². The molecule has 1 aliphatic heterocycles. The van der Waals surface area contributed by atoms with Crippen LogP contribution in [-0.4, -0.2) is 23.2 Å². The van der Waals surface area contributed by atoms with Crippen LogP contribution in [-0.2, 0) is 19.5 Å². The predicted octanol–water partition coefficient (Wildman–Crippen LogP) is 3.88. The van der Waals surface area contributed by atoms with E-state index >= 15 is 0 Å². The Morgan fingerprint density at radius 3 is 2.74 bits per heavy atom. The number of phenols is 1. The Labute approximate surface area is 136 Å². The molecule has 122 valence electrons. The van der Waals surface area contributed by atoms with Crippen LogP contribution >= 0.6 is 0 Å². The maximum atomic E-state index is 13.3. The highest BCUT2D eigenvalue weighted by Crippen LogP contribution is 2.29. The number of methoxy groups -OCH3 is 1. The monoisotopic (exact) mass is 315 g/mol. The number of ether oxygens (including phenoxy) is 1. The number of hydrogen-bond acceptors (Lipinski definition) is 3. The maximum Gasteiger partial charge on any atom is 0.160 e. The van der Waals surface area contributed by atoms with Gasteiger partial charge in [0.25, 0.3) is 0 Å². The van der Waals surface area contributed by atoms with Crippen molar-refractivity contribution >= 4 is 0 Å². The molecule has 0 aliphatic carbocycles. The van der Waals surface area contributed by atoms with Crippen molar-refractivity contribution in [2.45, 2.75) is 38.9 Å². The Morgan fingerprint density at radius 1 is 1.17 bits per heavy atom. The first-order valence-corrected chi connectivity index (χ1v) is 7.94.